The van der Waals surface area contributed by atoms with Crippen molar-refractivity contribution in [3.8, 4) is 17.1 Å². The maximum Gasteiger partial charge on any atom is 0.258 e. The molecule has 0 unspecified atom stereocenters. The molecule has 0 aliphatic rings. The summed E-state index contributed by atoms with van der Waals surface area (Å²) < 4.78 is 10.6. The van der Waals surface area contributed by atoms with Crippen LogP contribution < -0.4 is 15.4 Å². The minimum atomic E-state index is -0.258. The Morgan fingerprint density at radius 2 is 2.06 bits per heavy atom. The van der Waals surface area contributed by atoms with Gasteiger partial charge in [0.25, 0.3) is 5.91 Å². The first-order chi connectivity index (χ1) is 16.2. The normalized spacial score (nSPS) is 10.8. The Kier molecular flexibility index (Phi) is 5.42. The van der Waals surface area contributed by atoms with E-state index in [-0.39, 0.29) is 5.91 Å². The number of aromatic amines is 1. The molecule has 0 aliphatic heterocycles. The van der Waals surface area contributed by atoms with Crippen molar-refractivity contribution in [2.75, 3.05) is 17.2 Å². The second-order valence-corrected chi connectivity index (χ2v) is 7.17. The van der Waals surface area contributed by atoms with Crippen LogP contribution in [0.4, 0.5) is 17.2 Å². The smallest absolute Gasteiger partial charge is 0.258 e. The van der Waals surface area contributed by atoms with Crippen LogP contribution in [-0.4, -0.2) is 32.7 Å². The topological polar surface area (TPSA) is 118 Å². The van der Waals surface area contributed by atoms with Crippen molar-refractivity contribution in [1.82, 2.24) is 20.2 Å². The van der Waals surface area contributed by atoms with Gasteiger partial charge in [-0.15, -0.1) is 0 Å². The van der Waals surface area contributed by atoms with Crippen molar-refractivity contribution in [3.05, 3.63) is 79.0 Å². The number of ether oxygens (including phenoxy) is 1. The monoisotopic (exact) mass is 440 g/mol. The lowest BCUT2D eigenvalue weighted by molar-refractivity contribution is 0.102. The third-order valence-electron chi connectivity index (χ3n) is 4.90. The first-order valence-corrected chi connectivity index (χ1v) is 10.3. The number of nitrogens with zero attached hydrogens (tertiary/aromatic N) is 3. The molecule has 5 rings (SSSR count). The van der Waals surface area contributed by atoms with Gasteiger partial charge in [-0.1, -0.05) is 12.1 Å². The molecule has 0 fully saturated rings. The van der Waals surface area contributed by atoms with E-state index in [1.54, 1.807) is 18.5 Å². The predicted octanol–water partition coefficient (Wildman–Crippen LogP) is 5.01. The lowest BCUT2D eigenvalue weighted by Crippen LogP contribution is -2.10. The summed E-state index contributed by atoms with van der Waals surface area (Å²) in [6.45, 7) is 2.50. The Morgan fingerprint density at radius 1 is 1.12 bits per heavy atom. The minimum Gasteiger partial charge on any atom is -0.494 e. The molecular weight excluding hydrogens is 420 g/mol. The molecule has 0 bridgehead atoms. The van der Waals surface area contributed by atoms with Gasteiger partial charge in [0.15, 0.2) is 5.82 Å². The zero-order chi connectivity index (χ0) is 22.6. The van der Waals surface area contributed by atoms with Crippen molar-refractivity contribution in [2.45, 2.75) is 6.92 Å². The number of furan rings is 1. The molecule has 3 heterocycles. The molecule has 0 saturated heterocycles. The van der Waals surface area contributed by atoms with E-state index in [0.717, 1.165) is 27.9 Å². The summed E-state index contributed by atoms with van der Waals surface area (Å²) in [5.41, 5.74) is 3.34. The third kappa shape index (κ3) is 4.38. The number of anilines is 3. The average molecular weight is 440 g/mol. The number of nitrogens with one attached hydrogen (secondary N) is 3. The number of aromatic nitrogens is 4. The maximum atomic E-state index is 12.4. The number of rotatable bonds is 7. The van der Waals surface area contributed by atoms with Crippen molar-refractivity contribution in [2.24, 2.45) is 0 Å². The van der Waals surface area contributed by atoms with Gasteiger partial charge in [-0.05, 0) is 43.3 Å². The Morgan fingerprint density at radius 3 is 2.85 bits per heavy atom. The summed E-state index contributed by atoms with van der Waals surface area (Å²) in [4.78, 5) is 21.9. The van der Waals surface area contributed by atoms with Crippen molar-refractivity contribution in [1.29, 1.82) is 0 Å². The van der Waals surface area contributed by atoms with Crippen LogP contribution in [0.25, 0.3) is 22.3 Å². The van der Waals surface area contributed by atoms with E-state index < -0.39 is 0 Å². The van der Waals surface area contributed by atoms with Gasteiger partial charge in [0.05, 0.1) is 35.8 Å². The van der Waals surface area contributed by atoms with Gasteiger partial charge in [-0.25, -0.2) is 9.97 Å². The Labute approximate surface area is 188 Å². The molecule has 33 heavy (non-hydrogen) atoms. The summed E-state index contributed by atoms with van der Waals surface area (Å²) >= 11 is 0. The van der Waals surface area contributed by atoms with E-state index in [1.165, 1.54) is 12.5 Å². The highest BCUT2D eigenvalue weighted by Gasteiger charge is 2.13. The molecule has 1 amide bonds. The number of fused-ring (bicyclic) bond motifs is 1. The number of benzene rings is 2. The molecule has 164 valence electrons. The standard InChI is InChI=1S/C24H20N6O3/c1-2-33-19-6-7-21-20(11-19)23(27-18-12-25-26-13-18)30-22(29-21)15-4-3-5-17(10-15)28-24(31)16-8-9-32-14-16/h3-14H,2H2,1H3,(H,25,26)(H,28,31)(H,27,29,30). The quantitative estimate of drug-likeness (QED) is 0.326. The van der Waals surface area contributed by atoms with Crippen LogP contribution in [0.15, 0.2) is 77.9 Å². The lowest BCUT2D eigenvalue weighted by Gasteiger charge is -2.12. The van der Waals surface area contributed by atoms with Gasteiger partial charge in [0, 0.05) is 22.8 Å². The molecule has 2 aromatic carbocycles. The highest BCUT2D eigenvalue weighted by molar-refractivity contribution is 6.04. The predicted molar refractivity (Wildman–Crippen MR) is 125 cm³/mol. The van der Waals surface area contributed by atoms with Gasteiger partial charge >= 0.3 is 0 Å². The first-order valence-electron chi connectivity index (χ1n) is 10.3. The molecule has 9 heteroatoms. The molecule has 3 aromatic heterocycles. The van der Waals surface area contributed by atoms with Crippen molar-refractivity contribution in [3.63, 3.8) is 0 Å². The molecule has 0 saturated carbocycles. The number of hydrogen-bond donors (Lipinski definition) is 3. The van der Waals surface area contributed by atoms with Gasteiger partial charge in [-0.2, -0.15) is 5.10 Å². The molecule has 0 atom stereocenters. The number of hydrogen-bond acceptors (Lipinski definition) is 7. The van der Waals surface area contributed by atoms with E-state index in [2.05, 4.69) is 20.8 Å². The average Bonchev–Trinajstić information content (AvgIpc) is 3.54. The Balaban J connectivity index is 1.54. The van der Waals surface area contributed by atoms with Crippen molar-refractivity contribution < 1.29 is 13.9 Å². The van der Waals surface area contributed by atoms with Crippen LogP contribution in [0.5, 0.6) is 5.75 Å². The fourth-order valence-corrected chi connectivity index (χ4v) is 3.38. The van der Waals surface area contributed by atoms with E-state index in [9.17, 15) is 4.79 Å². The third-order valence-corrected chi connectivity index (χ3v) is 4.90. The molecule has 3 N–H and O–H groups in total. The number of H-pyrrole nitrogens is 1. The molecular formula is C24H20N6O3. The van der Waals surface area contributed by atoms with E-state index in [0.29, 0.717) is 29.5 Å². The zero-order valence-electron chi connectivity index (χ0n) is 17.7. The number of amides is 1. The van der Waals surface area contributed by atoms with E-state index in [1.807, 2.05) is 49.4 Å². The number of carbonyl (C=O) groups is 1. The van der Waals surface area contributed by atoms with Crippen LogP contribution in [0.2, 0.25) is 0 Å². The molecule has 0 aliphatic carbocycles. The fourth-order valence-electron chi connectivity index (χ4n) is 3.38. The lowest BCUT2D eigenvalue weighted by atomic mass is 10.1. The Hall–Kier alpha value is -4.66. The highest BCUT2D eigenvalue weighted by Crippen LogP contribution is 2.30. The van der Waals surface area contributed by atoms with Gasteiger partial charge in [-0.3, -0.25) is 9.89 Å². The summed E-state index contributed by atoms with van der Waals surface area (Å²) in [5, 5.41) is 13.7. The number of carbonyl (C=O) groups excluding carboxylic acids is 1. The minimum absolute atomic E-state index is 0.258. The van der Waals surface area contributed by atoms with Gasteiger partial charge in [0.2, 0.25) is 0 Å². The van der Waals surface area contributed by atoms with Crippen LogP contribution in [-0.2, 0) is 0 Å². The molecule has 5 aromatic rings. The SMILES string of the molecule is CCOc1ccc2nc(-c3cccc(NC(=O)c4ccoc4)c3)nc(Nc3cn[nH]c3)c2c1. The first kappa shape index (κ1) is 20.3. The van der Waals surface area contributed by atoms with Crippen LogP contribution in [0.1, 0.15) is 17.3 Å². The second-order valence-electron chi connectivity index (χ2n) is 7.17. The Bertz CT molecular complexity index is 1400. The summed E-state index contributed by atoms with van der Waals surface area (Å²) in [5.74, 6) is 1.61. The molecule has 9 nitrogen and oxygen atoms in total. The van der Waals surface area contributed by atoms with Gasteiger partial charge in [0.1, 0.15) is 17.8 Å². The van der Waals surface area contributed by atoms with Crippen LogP contribution in [0.3, 0.4) is 0 Å². The van der Waals surface area contributed by atoms with Crippen LogP contribution >= 0.6 is 0 Å². The molecule has 0 radical (unpaired) electrons. The summed E-state index contributed by atoms with van der Waals surface area (Å²) in [6.07, 6.45) is 6.27. The summed E-state index contributed by atoms with van der Waals surface area (Å²) in [7, 11) is 0. The zero-order valence-corrected chi connectivity index (χ0v) is 17.7. The maximum absolute atomic E-state index is 12.4. The fraction of sp³-hybridized carbons (Fsp3) is 0.0833. The van der Waals surface area contributed by atoms with Crippen molar-refractivity contribution >= 4 is 34.0 Å². The molecule has 0 spiro atoms. The van der Waals surface area contributed by atoms with E-state index in [4.69, 9.17) is 19.1 Å². The van der Waals surface area contributed by atoms with E-state index >= 15 is 0 Å². The van der Waals surface area contributed by atoms with Crippen LogP contribution in [0, 0.1) is 0 Å². The summed E-state index contributed by atoms with van der Waals surface area (Å²) in [6, 6.07) is 14.7. The van der Waals surface area contributed by atoms with Gasteiger partial charge < -0.3 is 19.8 Å². The highest BCUT2D eigenvalue weighted by atomic mass is 16.5. The largest absolute Gasteiger partial charge is 0.494 e. The second kappa shape index (κ2) is 8.83.